The van der Waals surface area contributed by atoms with Crippen LogP contribution in [0.15, 0.2) is 72.9 Å². The number of benzene rings is 2. The number of hydrogen-bond acceptors (Lipinski definition) is 3. The van der Waals surface area contributed by atoms with Gasteiger partial charge in [-0.2, -0.15) is 0 Å². The van der Waals surface area contributed by atoms with Crippen LogP contribution in [-0.4, -0.2) is 17.4 Å². The molecule has 0 aliphatic heterocycles. The fraction of sp³-hybridized carbons (Fsp3) is 0.182. The summed E-state index contributed by atoms with van der Waals surface area (Å²) in [4.78, 5) is 16.7. The van der Waals surface area contributed by atoms with Gasteiger partial charge in [0, 0.05) is 24.8 Å². The molecular weight excluding hydrogens is 322 g/mol. The number of hydrogen-bond donors (Lipinski definition) is 2. The Bertz CT molecular complexity index is 862. The van der Waals surface area contributed by atoms with E-state index in [-0.39, 0.29) is 5.91 Å². The first-order chi connectivity index (χ1) is 12.7. The molecule has 0 unspecified atom stereocenters. The lowest BCUT2D eigenvalue weighted by molar-refractivity contribution is 0.0951. The van der Waals surface area contributed by atoms with Crippen molar-refractivity contribution in [2.45, 2.75) is 19.9 Å². The third-order valence-corrected chi connectivity index (χ3v) is 4.29. The topological polar surface area (TPSA) is 54.0 Å². The molecule has 0 spiro atoms. The van der Waals surface area contributed by atoms with Gasteiger partial charge in [0.1, 0.15) is 5.82 Å². The van der Waals surface area contributed by atoms with Crippen molar-refractivity contribution in [1.29, 1.82) is 0 Å². The van der Waals surface area contributed by atoms with Crippen molar-refractivity contribution < 1.29 is 4.79 Å². The molecule has 4 heteroatoms. The van der Waals surface area contributed by atoms with Crippen molar-refractivity contribution in [1.82, 2.24) is 10.3 Å². The Kier molecular flexibility index (Phi) is 5.99. The number of aromatic nitrogens is 1. The predicted octanol–water partition coefficient (Wildman–Crippen LogP) is 3.97. The first kappa shape index (κ1) is 17.7. The van der Waals surface area contributed by atoms with Crippen molar-refractivity contribution in [2.24, 2.45) is 0 Å². The van der Waals surface area contributed by atoms with Crippen molar-refractivity contribution in [3.63, 3.8) is 0 Å². The van der Waals surface area contributed by atoms with Gasteiger partial charge < -0.3 is 10.6 Å². The molecule has 26 heavy (non-hydrogen) atoms. The van der Waals surface area contributed by atoms with E-state index in [1.165, 1.54) is 11.1 Å². The van der Waals surface area contributed by atoms with E-state index in [9.17, 15) is 4.79 Å². The Morgan fingerprint density at radius 2 is 1.77 bits per heavy atom. The standard InChI is InChI=1S/C22H23N3O/c1-17-7-5-6-10-20(17)16-25-22(26)19-12-14-24-21(15-19)23-13-11-18-8-3-2-4-9-18/h2-10,12,14-15H,11,13,16H2,1H3,(H,23,24)(H,25,26). The van der Waals surface area contributed by atoms with Crippen molar-refractivity contribution >= 4 is 11.7 Å². The molecule has 3 rings (SSSR count). The van der Waals surface area contributed by atoms with Crippen LogP contribution in [0.4, 0.5) is 5.82 Å². The van der Waals surface area contributed by atoms with Crippen LogP contribution in [0.25, 0.3) is 0 Å². The van der Waals surface area contributed by atoms with Gasteiger partial charge in [0.15, 0.2) is 0 Å². The summed E-state index contributed by atoms with van der Waals surface area (Å²) in [6.07, 6.45) is 2.57. The average Bonchev–Trinajstić information content (AvgIpc) is 2.68. The van der Waals surface area contributed by atoms with Crippen LogP contribution in [0.2, 0.25) is 0 Å². The largest absolute Gasteiger partial charge is 0.370 e. The second-order valence-electron chi connectivity index (χ2n) is 6.20. The van der Waals surface area contributed by atoms with Gasteiger partial charge in [0.2, 0.25) is 0 Å². The normalized spacial score (nSPS) is 10.3. The second-order valence-corrected chi connectivity index (χ2v) is 6.20. The lowest BCUT2D eigenvalue weighted by atomic mass is 10.1. The third-order valence-electron chi connectivity index (χ3n) is 4.29. The van der Waals surface area contributed by atoms with E-state index in [0.29, 0.717) is 17.9 Å². The molecule has 132 valence electrons. The van der Waals surface area contributed by atoms with E-state index in [4.69, 9.17) is 0 Å². The number of nitrogens with one attached hydrogen (secondary N) is 2. The maximum absolute atomic E-state index is 12.4. The first-order valence-corrected chi connectivity index (χ1v) is 8.79. The molecule has 2 N–H and O–H groups in total. The summed E-state index contributed by atoms with van der Waals surface area (Å²) in [5.74, 6) is 0.617. The highest BCUT2D eigenvalue weighted by atomic mass is 16.1. The number of nitrogens with zero attached hydrogens (tertiary/aromatic N) is 1. The molecule has 2 aromatic carbocycles. The van der Waals surface area contributed by atoms with Crippen LogP contribution in [0, 0.1) is 6.92 Å². The molecule has 1 heterocycles. The van der Waals surface area contributed by atoms with E-state index in [0.717, 1.165) is 18.5 Å². The first-order valence-electron chi connectivity index (χ1n) is 8.79. The van der Waals surface area contributed by atoms with E-state index in [1.54, 1.807) is 18.3 Å². The lowest BCUT2D eigenvalue weighted by Crippen LogP contribution is -2.23. The SMILES string of the molecule is Cc1ccccc1CNC(=O)c1ccnc(NCCc2ccccc2)c1. The maximum Gasteiger partial charge on any atom is 0.251 e. The molecule has 0 aliphatic rings. The van der Waals surface area contributed by atoms with Gasteiger partial charge in [-0.05, 0) is 42.2 Å². The Morgan fingerprint density at radius 3 is 2.58 bits per heavy atom. The Hall–Kier alpha value is -3.14. The number of aryl methyl sites for hydroxylation is 1. The molecule has 0 atom stereocenters. The van der Waals surface area contributed by atoms with Crippen LogP contribution in [0.5, 0.6) is 0 Å². The number of carbonyl (C=O) groups is 1. The molecular formula is C22H23N3O. The molecule has 0 saturated heterocycles. The van der Waals surface area contributed by atoms with Crippen molar-refractivity contribution in [3.8, 4) is 0 Å². The minimum absolute atomic E-state index is 0.0956. The van der Waals surface area contributed by atoms with Crippen LogP contribution in [0.3, 0.4) is 0 Å². The van der Waals surface area contributed by atoms with E-state index < -0.39 is 0 Å². The minimum atomic E-state index is -0.0956. The van der Waals surface area contributed by atoms with Crippen LogP contribution in [0.1, 0.15) is 27.0 Å². The summed E-state index contributed by atoms with van der Waals surface area (Å²) in [5, 5.41) is 6.25. The smallest absolute Gasteiger partial charge is 0.251 e. The van der Waals surface area contributed by atoms with Crippen molar-refractivity contribution in [2.75, 3.05) is 11.9 Å². The van der Waals surface area contributed by atoms with Gasteiger partial charge in [-0.15, -0.1) is 0 Å². The highest BCUT2D eigenvalue weighted by Gasteiger charge is 2.07. The van der Waals surface area contributed by atoms with E-state index >= 15 is 0 Å². The van der Waals surface area contributed by atoms with Gasteiger partial charge in [-0.3, -0.25) is 4.79 Å². The molecule has 3 aromatic rings. The zero-order valence-electron chi connectivity index (χ0n) is 14.9. The number of pyridine rings is 1. The number of anilines is 1. The minimum Gasteiger partial charge on any atom is -0.370 e. The molecule has 1 aromatic heterocycles. The monoisotopic (exact) mass is 345 g/mol. The van der Waals surface area contributed by atoms with Gasteiger partial charge in [-0.1, -0.05) is 54.6 Å². The molecule has 1 amide bonds. The molecule has 0 saturated carbocycles. The number of carbonyl (C=O) groups excluding carboxylic acids is 1. The molecule has 0 bridgehead atoms. The Morgan fingerprint density at radius 1 is 1.00 bits per heavy atom. The molecule has 0 radical (unpaired) electrons. The zero-order chi connectivity index (χ0) is 18.2. The molecule has 4 nitrogen and oxygen atoms in total. The summed E-state index contributed by atoms with van der Waals surface area (Å²) >= 11 is 0. The number of rotatable bonds is 7. The lowest BCUT2D eigenvalue weighted by Gasteiger charge is -2.10. The van der Waals surface area contributed by atoms with Crippen molar-refractivity contribution in [3.05, 3.63) is 95.2 Å². The summed E-state index contributed by atoms with van der Waals surface area (Å²) in [7, 11) is 0. The Labute approximate surface area is 154 Å². The summed E-state index contributed by atoms with van der Waals surface area (Å²) < 4.78 is 0. The summed E-state index contributed by atoms with van der Waals surface area (Å²) in [6, 6.07) is 21.9. The fourth-order valence-electron chi connectivity index (χ4n) is 2.73. The summed E-state index contributed by atoms with van der Waals surface area (Å²) in [5.41, 5.74) is 4.17. The summed E-state index contributed by atoms with van der Waals surface area (Å²) in [6.45, 7) is 3.33. The highest BCUT2D eigenvalue weighted by Crippen LogP contribution is 2.10. The number of amides is 1. The van der Waals surface area contributed by atoms with Crippen LogP contribution in [-0.2, 0) is 13.0 Å². The van der Waals surface area contributed by atoms with Crippen LogP contribution >= 0.6 is 0 Å². The fourth-order valence-corrected chi connectivity index (χ4v) is 2.73. The average molecular weight is 345 g/mol. The van der Waals surface area contributed by atoms with E-state index in [1.807, 2.05) is 49.4 Å². The predicted molar refractivity (Wildman–Crippen MR) is 105 cm³/mol. The quantitative estimate of drug-likeness (QED) is 0.681. The van der Waals surface area contributed by atoms with Gasteiger partial charge in [0.05, 0.1) is 0 Å². The van der Waals surface area contributed by atoms with Gasteiger partial charge >= 0.3 is 0 Å². The van der Waals surface area contributed by atoms with E-state index in [2.05, 4.69) is 27.8 Å². The third kappa shape index (κ3) is 4.93. The Balaban J connectivity index is 1.54. The second kappa shape index (κ2) is 8.81. The molecule has 0 fully saturated rings. The zero-order valence-corrected chi connectivity index (χ0v) is 14.9. The maximum atomic E-state index is 12.4. The van der Waals surface area contributed by atoms with Crippen LogP contribution < -0.4 is 10.6 Å². The van der Waals surface area contributed by atoms with Gasteiger partial charge in [0.25, 0.3) is 5.91 Å². The highest BCUT2D eigenvalue weighted by molar-refractivity contribution is 5.94. The van der Waals surface area contributed by atoms with Gasteiger partial charge in [-0.25, -0.2) is 4.98 Å². The molecule has 0 aliphatic carbocycles.